The Labute approximate surface area is 244 Å². The maximum Gasteiger partial charge on any atom is 0.418 e. The van der Waals surface area contributed by atoms with Crippen molar-refractivity contribution < 1.29 is 24.0 Å². The summed E-state index contributed by atoms with van der Waals surface area (Å²) in [4.78, 5) is 41.8. The molecule has 1 aromatic rings. The van der Waals surface area contributed by atoms with Crippen LogP contribution < -0.4 is 0 Å². The quantitative estimate of drug-likeness (QED) is 0.0341. The third kappa shape index (κ3) is 16.3. The number of nitrogens with zero attached hydrogens (tertiary/aromatic N) is 4. The van der Waals surface area contributed by atoms with E-state index >= 15 is 0 Å². The van der Waals surface area contributed by atoms with E-state index in [-0.39, 0.29) is 18.8 Å². The fourth-order valence-corrected chi connectivity index (χ4v) is 4.36. The van der Waals surface area contributed by atoms with Gasteiger partial charge in [-0.05, 0) is 25.0 Å². The highest BCUT2D eigenvalue weighted by Crippen LogP contribution is 2.17. The van der Waals surface area contributed by atoms with Crippen LogP contribution in [0, 0.1) is 10.1 Å². The van der Waals surface area contributed by atoms with E-state index < -0.39 is 23.8 Å². The molecule has 11 heteroatoms. The molecule has 0 spiro atoms. The molecule has 0 N–H and O–H groups in total. The number of nitro groups is 1. The molecule has 226 valence electrons. The van der Waals surface area contributed by atoms with Crippen LogP contribution in [-0.2, 0) is 20.8 Å². The summed E-state index contributed by atoms with van der Waals surface area (Å²) in [7, 11) is 1.36. The highest BCUT2D eigenvalue weighted by atomic mass is 35.5. The zero-order chi connectivity index (χ0) is 29.6. The standard InChI is InChI=1S/C29H47ClN4O6/c1-4-6-7-8-9-10-11-12-13-14-15-16-17-18-28(35)39-24-40-29(36)32(3)27(23-34(37)38)33(5-2)22-25-19-20-26(30)31-21-25/h19-21,23H,4-18,22,24H2,1-3H3/b27-23-. The molecule has 1 heterocycles. The van der Waals surface area contributed by atoms with Gasteiger partial charge in [0.15, 0.2) is 5.82 Å². The van der Waals surface area contributed by atoms with E-state index in [1.165, 1.54) is 71.3 Å². The smallest absolute Gasteiger partial charge is 0.418 e. The lowest BCUT2D eigenvalue weighted by Crippen LogP contribution is -2.37. The van der Waals surface area contributed by atoms with Gasteiger partial charge in [0.25, 0.3) is 6.20 Å². The molecule has 0 radical (unpaired) electrons. The van der Waals surface area contributed by atoms with Gasteiger partial charge in [-0.1, -0.05) is 102 Å². The molecule has 0 saturated heterocycles. The van der Waals surface area contributed by atoms with Crippen LogP contribution in [0.5, 0.6) is 0 Å². The SMILES string of the molecule is CCCCCCCCCCCCCCCC(=O)OCOC(=O)N(C)/C(=C/[N+](=O)[O-])N(CC)Cc1ccc(Cl)nc1. The molecule has 0 atom stereocenters. The fourth-order valence-electron chi connectivity index (χ4n) is 4.25. The lowest BCUT2D eigenvalue weighted by Gasteiger charge is -2.29. The van der Waals surface area contributed by atoms with E-state index in [0.29, 0.717) is 11.7 Å². The largest absolute Gasteiger partial charge is 0.428 e. The number of unbranched alkanes of at least 4 members (excludes halogenated alkanes) is 12. The van der Waals surface area contributed by atoms with Crippen molar-refractivity contribution in [2.24, 2.45) is 0 Å². The van der Waals surface area contributed by atoms with Crippen LogP contribution in [0.3, 0.4) is 0 Å². The zero-order valence-electron chi connectivity index (χ0n) is 24.4. The summed E-state index contributed by atoms with van der Waals surface area (Å²) in [5, 5.41) is 11.6. The van der Waals surface area contributed by atoms with Gasteiger partial charge in [0.2, 0.25) is 6.79 Å². The van der Waals surface area contributed by atoms with Crippen molar-refractivity contribution in [1.29, 1.82) is 0 Å². The number of esters is 1. The number of pyridine rings is 1. The average molecular weight is 583 g/mol. The normalized spacial score (nSPS) is 11.2. The van der Waals surface area contributed by atoms with Gasteiger partial charge in [-0.2, -0.15) is 0 Å². The van der Waals surface area contributed by atoms with Crippen LogP contribution in [-0.4, -0.2) is 52.2 Å². The second-order valence-electron chi connectivity index (χ2n) is 9.87. The molecule has 0 aromatic carbocycles. The molecule has 10 nitrogen and oxygen atoms in total. The van der Waals surface area contributed by atoms with Gasteiger partial charge in [0.1, 0.15) is 5.15 Å². The first-order valence-electron chi connectivity index (χ1n) is 14.5. The Morgan fingerprint density at radius 1 is 0.950 bits per heavy atom. The van der Waals surface area contributed by atoms with Crippen molar-refractivity contribution in [2.75, 3.05) is 20.4 Å². The maximum atomic E-state index is 12.5. The first kappa shape index (κ1) is 35.1. The Hall–Kier alpha value is -2.88. The van der Waals surface area contributed by atoms with Crippen LogP contribution in [0.15, 0.2) is 30.4 Å². The molecule has 1 amide bonds. The Kier molecular flexibility index (Phi) is 19.2. The van der Waals surface area contributed by atoms with Gasteiger partial charge >= 0.3 is 12.1 Å². The second kappa shape index (κ2) is 21.9. The summed E-state index contributed by atoms with van der Waals surface area (Å²) in [6, 6.07) is 3.36. The summed E-state index contributed by atoms with van der Waals surface area (Å²) in [5.74, 6) is -0.421. The predicted molar refractivity (Wildman–Crippen MR) is 156 cm³/mol. The number of hydrogen-bond donors (Lipinski definition) is 0. The number of carbonyl (C=O) groups is 2. The molecule has 0 unspecified atom stereocenters. The van der Waals surface area contributed by atoms with Crippen molar-refractivity contribution >= 4 is 23.7 Å². The van der Waals surface area contributed by atoms with Crippen LogP contribution in [0.1, 0.15) is 109 Å². The third-order valence-corrected chi connectivity index (χ3v) is 6.82. The molecule has 0 aliphatic carbocycles. The van der Waals surface area contributed by atoms with Gasteiger partial charge in [0, 0.05) is 32.8 Å². The van der Waals surface area contributed by atoms with Gasteiger partial charge in [-0.3, -0.25) is 19.8 Å². The predicted octanol–water partition coefficient (Wildman–Crippen LogP) is 7.68. The maximum absolute atomic E-state index is 12.5. The molecule has 40 heavy (non-hydrogen) atoms. The van der Waals surface area contributed by atoms with Crippen molar-refractivity contribution in [3.63, 3.8) is 0 Å². The molecule has 1 aromatic heterocycles. The summed E-state index contributed by atoms with van der Waals surface area (Å²) in [5.41, 5.74) is 0.754. The Morgan fingerprint density at radius 2 is 1.52 bits per heavy atom. The number of carbonyl (C=O) groups excluding carboxylic acids is 2. The summed E-state index contributed by atoms with van der Waals surface area (Å²) in [6.45, 7) is 4.11. The minimum Gasteiger partial charge on any atom is -0.428 e. The minimum absolute atomic E-state index is 0.0192. The van der Waals surface area contributed by atoms with Gasteiger partial charge in [-0.15, -0.1) is 0 Å². The molecule has 1 rings (SSSR count). The Morgan fingerprint density at radius 3 is 2.02 bits per heavy atom. The van der Waals surface area contributed by atoms with Gasteiger partial charge in [-0.25, -0.2) is 9.78 Å². The van der Waals surface area contributed by atoms with Crippen molar-refractivity contribution in [3.8, 4) is 0 Å². The summed E-state index contributed by atoms with van der Waals surface area (Å²) in [6.07, 6.45) is 17.5. The summed E-state index contributed by atoms with van der Waals surface area (Å²) >= 11 is 5.83. The Bertz CT molecular complexity index is 897. The third-order valence-electron chi connectivity index (χ3n) is 6.59. The van der Waals surface area contributed by atoms with E-state index in [9.17, 15) is 19.7 Å². The van der Waals surface area contributed by atoms with Crippen LogP contribution in [0.2, 0.25) is 5.15 Å². The first-order valence-corrected chi connectivity index (χ1v) is 14.9. The van der Waals surface area contributed by atoms with E-state index in [0.717, 1.165) is 35.9 Å². The average Bonchev–Trinajstić information content (AvgIpc) is 2.93. The number of hydrogen-bond acceptors (Lipinski definition) is 8. The fraction of sp³-hybridized carbons (Fsp3) is 0.690. The molecule has 0 saturated carbocycles. The molecular weight excluding hydrogens is 536 g/mol. The van der Waals surface area contributed by atoms with Gasteiger partial charge < -0.3 is 14.4 Å². The molecule has 0 aliphatic rings. The van der Waals surface area contributed by atoms with Crippen LogP contribution in [0.4, 0.5) is 4.79 Å². The van der Waals surface area contributed by atoms with Crippen molar-refractivity contribution in [2.45, 2.75) is 110 Å². The minimum atomic E-state index is -0.880. The van der Waals surface area contributed by atoms with Crippen molar-refractivity contribution in [1.82, 2.24) is 14.8 Å². The second-order valence-corrected chi connectivity index (χ2v) is 10.3. The molecule has 0 aliphatic heterocycles. The van der Waals surface area contributed by atoms with Crippen LogP contribution >= 0.6 is 11.6 Å². The lowest BCUT2D eigenvalue weighted by molar-refractivity contribution is -0.405. The number of amides is 1. The number of ether oxygens (including phenoxy) is 2. The molecule has 0 fully saturated rings. The first-order chi connectivity index (χ1) is 19.3. The lowest BCUT2D eigenvalue weighted by atomic mass is 10.0. The highest BCUT2D eigenvalue weighted by Gasteiger charge is 2.24. The van der Waals surface area contributed by atoms with Gasteiger partial charge in [0.05, 0.1) is 4.92 Å². The van der Waals surface area contributed by atoms with E-state index in [4.69, 9.17) is 21.1 Å². The van der Waals surface area contributed by atoms with E-state index in [2.05, 4.69) is 11.9 Å². The monoisotopic (exact) mass is 582 g/mol. The zero-order valence-corrected chi connectivity index (χ0v) is 25.2. The van der Waals surface area contributed by atoms with E-state index in [1.807, 2.05) is 0 Å². The molecule has 0 bridgehead atoms. The number of aromatic nitrogens is 1. The summed E-state index contributed by atoms with van der Waals surface area (Å²) < 4.78 is 10.1. The van der Waals surface area contributed by atoms with E-state index in [1.54, 1.807) is 30.2 Å². The van der Waals surface area contributed by atoms with Crippen LogP contribution in [0.25, 0.3) is 0 Å². The topological polar surface area (TPSA) is 115 Å². The highest BCUT2D eigenvalue weighted by molar-refractivity contribution is 6.29. The van der Waals surface area contributed by atoms with Crippen molar-refractivity contribution in [3.05, 3.63) is 51.2 Å². The number of rotatable bonds is 22. The number of halogens is 1. The Balaban J connectivity index is 2.29. The molecular formula is C29H47ClN4O6.